The maximum absolute atomic E-state index is 12.8. The summed E-state index contributed by atoms with van der Waals surface area (Å²) < 4.78 is 0. The van der Waals surface area contributed by atoms with E-state index >= 15 is 0 Å². The first-order valence-electron chi connectivity index (χ1n) is 7.86. The van der Waals surface area contributed by atoms with Gasteiger partial charge in [0.1, 0.15) is 12.1 Å². The average Bonchev–Trinajstić information content (AvgIpc) is 2.81. The van der Waals surface area contributed by atoms with Gasteiger partial charge in [-0.2, -0.15) is 0 Å². The van der Waals surface area contributed by atoms with Gasteiger partial charge in [-0.15, -0.1) is 0 Å². The van der Waals surface area contributed by atoms with Crippen LogP contribution in [0.3, 0.4) is 0 Å². The molecule has 0 bridgehead atoms. The number of nitrogens with one attached hydrogen (secondary N) is 2. The summed E-state index contributed by atoms with van der Waals surface area (Å²) in [5, 5.41) is 6.25. The molecule has 0 aromatic heterocycles. The quantitative estimate of drug-likeness (QED) is 0.724. The lowest BCUT2D eigenvalue weighted by Crippen LogP contribution is -2.42. The van der Waals surface area contributed by atoms with Crippen LogP contribution in [-0.4, -0.2) is 29.3 Å². The van der Waals surface area contributed by atoms with Gasteiger partial charge in [0, 0.05) is 10.7 Å². The molecule has 27 heavy (non-hydrogen) atoms. The Bertz CT molecular complexity index is 950. The van der Waals surface area contributed by atoms with Gasteiger partial charge in [-0.1, -0.05) is 46.9 Å². The SMILES string of the molecule is CC1(c2ccc(Cl)c(Cl)c2)NC(=O)N(CC(=O)Nc2cccc(Cl)c2)C1=O. The van der Waals surface area contributed by atoms with Crippen molar-refractivity contribution in [3.8, 4) is 0 Å². The van der Waals surface area contributed by atoms with Crippen molar-refractivity contribution < 1.29 is 14.4 Å². The Kier molecular flexibility index (Phi) is 5.33. The molecule has 1 aliphatic rings. The predicted octanol–water partition coefficient (Wildman–Crippen LogP) is 4.05. The van der Waals surface area contributed by atoms with Crippen molar-refractivity contribution in [1.82, 2.24) is 10.2 Å². The molecule has 0 saturated carbocycles. The standard InChI is InChI=1S/C18H14Cl3N3O3/c1-18(10-5-6-13(20)14(21)7-10)16(26)24(17(27)23-18)9-15(25)22-12-4-2-3-11(19)8-12/h2-8H,9H2,1H3,(H,22,25)(H,23,27). The fourth-order valence-electron chi connectivity index (χ4n) is 2.75. The molecule has 0 radical (unpaired) electrons. The molecule has 6 nitrogen and oxygen atoms in total. The molecule has 1 unspecified atom stereocenters. The second-order valence-corrected chi connectivity index (χ2v) is 7.38. The first-order chi connectivity index (χ1) is 12.7. The molecule has 4 amide bonds. The van der Waals surface area contributed by atoms with Gasteiger partial charge in [0.25, 0.3) is 5.91 Å². The molecule has 1 saturated heterocycles. The summed E-state index contributed by atoms with van der Waals surface area (Å²) in [7, 11) is 0. The Morgan fingerprint density at radius 2 is 1.85 bits per heavy atom. The third kappa shape index (κ3) is 3.88. The van der Waals surface area contributed by atoms with E-state index in [-0.39, 0.29) is 5.02 Å². The Labute approximate surface area is 170 Å². The summed E-state index contributed by atoms with van der Waals surface area (Å²) in [5.41, 5.74) is -0.415. The molecule has 0 aliphatic carbocycles. The van der Waals surface area contributed by atoms with Gasteiger partial charge in [0.05, 0.1) is 10.0 Å². The van der Waals surface area contributed by atoms with Gasteiger partial charge in [-0.25, -0.2) is 4.79 Å². The van der Waals surface area contributed by atoms with Crippen molar-refractivity contribution in [3.63, 3.8) is 0 Å². The van der Waals surface area contributed by atoms with E-state index in [4.69, 9.17) is 34.8 Å². The summed E-state index contributed by atoms with van der Waals surface area (Å²) in [6.07, 6.45) is 0. The Hall–Kier alpha value is -2.28. The fraction of sp³-hybridized carbons (Fsp3) is 0.167. The molecule has 1 aliphatic heterocycles. The number of rotatable bonds is 4. The zero-order chi connectivity index (χ0) is 19.8. The van der Waals surface area contributed by atoms with Crippen LogP contribution in [0.5, 0.6) is 0 Å². The summed E-state index contributed by atoms with van der Waals surface area (Å²) in [5.74, 6) is -1.09. The first kappa shape index (κ1) is 19.5. The Balaban J connectivity index is 1.77. The zero-order valence-electron chi connectivity index (χ0n) is 14.1. The van der Waals surface area contributed by atoms with Crippen molar-refractivity contribution >= 4 is 58.3 Å². The Morgan fingerprint density at radius 3 is 2.52 bits per heavy atom. The van der Waals surface area contributed by atoms with E-state index in [0.29, 0.717) is 21.3 Å². The lowest BCUT2D eigenvalue weighted by atomic mass is 9.92. The highest BCUT2D eigenvalue weighted by Gasteiger charge is 2.49. The van der Waals surface area contributed by atoms with Crippen LogP contribution in [0.2, 0.25) is 15.1 Å². The minimum Gasteiger partial charge on any atom is -0.324 e. The van der Waals surface area contributed by atoms with Crippen LogP contribution < -0.4 is 10.6 Å². The van der Waals surface area contributed by atoms with Crippen LogP contribution in [0.1, 0.15) is 12.5 Å². The molecular formula is C18H14Cl3N3O3. The largest absolute Gasteiger partial charge is 0.325 e. The molecule has 3 rings (SSSR count). The molecule has 0 spiro atoms. The van der Waals surface area contributed by atoms with Gasteiger partial charge < -0.3 is 10.6 Å². The maximum Gasteiger partial charge on any atom is 0.325 e. The number of anilines is 1. The lowest BCUT2D eigenvalue weighted by molar-refractivity contribution is -0.133. The number of hydrogen-bond acceptors (Lipinski definition) is 3. The van der Waals surface area contributed by atoms with E-state index in [2.05, 4.69) is 10.6 Å². The molecule has 1 atom stereocenters. The number of amides is 4. The normalized spacial score (nSPS) is 19.2. The number of hydrogen-bond donors (Lipinski definition) is 2. The second-order valence-electron chi connectivity index (χ2n) is 6.13. The average molecular weight is 427 g/mol. The number of benzene rings is 2. The van der Waals surface area contributed by atoms with E-state index in [1.807, 2.05) is 0 Å². The van der Waals surface area contributed by atoms with Crippen molar-refractivity contribution in [3.05, 3.63) is 63.1 Å². The monoisotopic (exact) mass is 425 g/mol. The van der Waals surface area contributed by atoms with Crippen molar-refractivity contribution in [2.24, 2.45) is 0 Å². The number of imide groups is 1. The highest BCUT2D eigenvalue weighted by molar-refractivity contribution is 6.42. The molecule has 1 fully saturated rings. The molecule has 9 heteroatoms. The first-order valence-corrected chi connectivity index (χ1v) is 8.99. The second kappa shape index (κ2) is 7.38. The van der Waals surface area contributed by atoms with E-state index in [1.54, 1.807) is 43.3 Å². The number of halogens is 3. The Morgan fingerprint density at radius 1 is 1.11 bits per heavy atom. The molecule has 2 aromatic rings. The van der Waals surface area contributed by atoms with E-state index in [1.165, 1.54) is 6.07 Å². The van der Waals surface area contributed by atoms with Crippen LogP contribution >= 0.6 is 34.8 Å². The molecular weight excluding hydrogens is 413 g/mol. The van der Waals surface area contributed by atoms with Crippen LogP contribution in [0.4, 0.5) is 10.5 Å². The van der Waals surface area contributed by atoms with Crippen LogP contribution in [0.15, 0.2) is 42.5 Å². The molecule has 1 heterocycles. The minimum absolute atomic E-state index is 0.259. The fourth-order valence-corrected chi connectivity index (χ4v) is 3.24. The van der Waals surface area contributed by atoms with E-state index < -0.39 is 29.9 Å². The highest BCUT2D eigenvalue weighted by Crippen LogP contribution is 2.33. The number of carbonyl (C=O) groups excluding carboxylic acids is 3. The smallest absolute Gasteiger partial charge is 0.324 e. The molecule has 2 N–H and O–H groups in total. The van der Waals surface area contributed by atoms with Gasteiger partial charge in [-0.3, -0.25) is 14.5 Å². The van der Waals surface area contributed by atoms with Crippen molar-refractivity contribution in [2.45, 2.75) is 12.5 Å². The van der Waals surface area contributed by atoms with Gasteiger partial charge in [0.2, 0.25) is 5.91 Å². The van der Waals surface area contributed by atoms with E-state index in [9.17, 15) is 14.4 Å². The van der Waals surface area contributed by atoms with E-state index in [0.717, 1.165) is 4.90 Å². The number of carbonyl (C=O) groups is 3. The summed E-state index contributed by atoms with van der Waals surface area (Å²) in [4.78, 5) is 38.2. The van der Waals surface area contributed by atoms with Gasteiger partial charge in [0.15, 0.2) is 0 Å². The third-order valence-corrected chi connectivity index (χ3v) is 5.16. The van der Waals surface area contributed by atoms with Crippen molar-refractivity contribution in [1.29, 1.82) is 0 Å². The summed E-state index contributed by atoms with van der Waals surface area (Å²) >= 11 is 17.8. The van der Waals surface area contributed by atoms with Crippen LogP contribution in [0, 0.1) is 0 Å². The highest BCUT2D eigenvalue weighted by atomic mass is 35.5. The van der Waals surface area contributed by atoms with Gasteiger partial charge >= 0.3 is 6.03 Å². The third-order valence-electron chi connectivity index (χ3n) is 4.18. The minimum atomic E-state index is -1.35. The summed E-state index contributed by atoms with van der Waals surface area (Å²) in [6.45, 7) is 1.11. The zero-order valence-corrected chi connectivity index (χ0v) is 16.3. The van der Waals surface area contributed by atoms with Crippen LogP contribution in [-0.2, 0) is 15.1 Å². The lowest BCUT2D eigenvalue weighted by Gasteiger charge is -2.22. The molecule has 2 aromatic carbocycles. The maximum atomic E-state index is 12.8. The topological polar surface area (TPSA) is 78.5 Å². The number of nitrogens with zero attached hydrogens (tertiary/aromatic N) is 1. The summed E-state index contributed by atoms with van der Waals surface area (Å²) in [6, 6.07) is 10.5. The van der Waals surface area contributed by atoms with Gasteiger partial charge in [-0.05, 0) is 42.8 Å². The number of urea groups is 1. The predicted molar refractivity (Wildman–Crippen MR) is 104 cm³/mol. The van der Waals surface area contributed by atoms with Crippen molar-refractivity contribution in [2.75, 3.05) is 11.9 Å². The van der Waals surface area contributed by atoms with Crippen LogP contribution in [0.25, 0.3) is 0 Å². The molecule has 140 valence electrons.